The summed E-state index contributed by atoms with van der Waals surface area (Å²) in [5, 5.41) is 0. The van der Waals surface area contributed by atoms with Crippen molar-refractivity contribution in [2.75, 3.05) is 19.8 Å². The van der Waals surface area contributed by atoms with Crippen LogP contribution in [0.5, 0.6) is 0 Å². The fourth-order valence-corrected chi connectivity index (χ4v) is 0.680. The van der Waals surface area contributed by atoms with E-state index in [0.717, 1.165) is 12.2 Å². The minimum absolute atomic E-state index is 0.620. The van der Waals surface area contributed by atoms with Gasteiger partial charge in [-0.3, -0.25) is 0 Å². The second-order valence-corrected chi connectivity index (χ2v) is 1.84. The van der Waals surface area contributed by atoms with E-state index in [2.05, 4.69) is 0 Å². The molecule has 0 aromatic rings. The van der Waals surface area contributed by atoms with Crippen LogP contribution in [0.1, 0.15) is 6.42 Å². The van der Waals surface area contributed by atoms with Crippen molar-refractivity contribution in [2.24, 2.45) is 5.73 Å². The zero-order valence-corrected chi connectivity index (χ0v) is 5.30. The molecule has 0 unspecified atom stereocenters. The molecule has 1 rings (SSSR count). The first-order chi connectivity index (χ1) is 4.43. The molecule has 0 bridgehead atoms. The van der Waals surface area contributed by atoms with Gasteiger partial charge in [0.2, 0.25) is 0 Å². The van der Waals surface area contributed by atoms with Crippen molar-refractivity contribution in [1.82, 2.24) is 0 Å². The van der Waals surface area contributed by atoms with Gasteiger partial charge in [0.15, 0.2) is 0 Å². The van der Waals surface area contributed by atoms with Gasteiger partial charge in [-0.15, -0.1) is 0 Å². The number of ether oxygens (including phenoxy) is 2. The Labute approximate surface area is 54.4 Å². The zero-order chi connectivity index (χ0) is 6.53. The Hall–Kier alpha value is -0.700. The third-order valence-corrected chi connectivity index (χ3v) is 1.09. The van der Waals surface area contributed by atoms with Crippen molar-refractivity contribution in [2.45, 2.75) is 6.42 Å². The Kier molecular flexibility index (Phi) is 2.39. The van der Waals surface area contributed by atoms with Crippen LogP contribution in [0.3, 0.4) is 0 Å². The summed E-state index contributed by atoms with van der Waals surface area (Å²) in [5.41, 5.74) is 5.28. The van der Waals surface area contributed by atoms with Crippen LogP contribution in [0.4, 0.5) is 0 Å². The standard InChI is InChI=1S/C6H11NO2/c7-2-1-6-5-8-3-4-9-6/h5H,1-4,7H2. The Balaban J connectivity index is 2.28. The minimum atomic E-state index is 0.620. The first-order valence-electron chi connectivity index (χ1n) is 3.07. The lowest BCUT2D eigenvalue weighted by molar-refractivity contribution is 0.0798. The number of hydrogen-bond donors (Lipinski definition) is 1. The van der Waals surface area contributed by atoms with Crippen LogP contribution >= 0.6 is 0 Å². The molecule has 0 fully saturated rings. The summed E-state index contributed by atoms with van der Waals surface area (Å²) in [6.07, 6.45) is 2.41. The summed E-state index contributed by atoms with van der Waals surface area (Å²) in [6, 6.07) is 0. The highest BCUT2D eigenvalue weighted by Gasteiger charge is 2.01. The summed E-state index contributed by atoms with van der Waals surface area (Å²) in [7, 11) is 0. The molecular weight excluding hydrogens is 118 g/mol. The van der Waals surface area contributed by atoms with Crippen LogP contribution < -0.4 is 5.73 Å². The summed E-state index contributed by atoms with van der Waals surface area (Å²) >= 11 is 0. The minimum Gasteiger partial charge on any atom is -0.494 e. The lowest BCUT2D eigenvalue weighted by Crippen LogP contribution is -2.11. The predicted octanol–water partition coefficient (Wildman–Crippen LogP) is 0.223. The Morgan fingerprint density at radius 3 is 3.00 bits per heavy atom. The molecule has 0 spiro atoms. The smallest absolute Gasteiger partial charge is 0.132 e. The molecule has 0 amide bonds. The fraction of sp³-hybridized carbons (Fsp3) is 0.667. The zero-order valence-electron chi connectivity index (χ0n) is 5.30. The van der Waals surface area contributed by atoms with Crippen molar-refractivity contribution < 1.29 is 9.47 Å². The topological polar surface area (TPSA) is 44.5 Å². The largest absolute Gasteiger partial charge is 0.494 e. The SMILES string of the molecule is NCCC1=COCCO1. The van der Waals surface area contributed by atoms with E-state index in [9.17, 15) is 0 Å². The average Bonchev–Trinajstić information content (AvgIpc) is 1.91. The molecule has 0 aromatic heterocycles. The van der Waals surface area contributed by atoms with Gasteiger partial charge in [-0.1, -0.05) is 0 Å². The molecule has 1 aliphatic heterocycles. The molecule has 1 aliphatic rings. The molecule has 1 heterocycles. The molecule has 0 aliphatic carbocycles. The quantitative estimate of drug-likeness (QED) is 0.580. The van der Waals surface area contributed by atoms with Gasteiger partial charge in [-0.05, 0) is 6.54 Å². The Morgan fingerprint density at radius 1 is 1.56 bits per heavy atom. The van der Waals surface area contributed by atoms with Crippen molar-refractivity contribution in [3.63, 3.8) is 0 Å². The van der Waals surface area contributed by atoms with Crippen LogP contribution in [0.2, 0.25) is 0 Å². The van der Waals surface area contributed by atoms with Crippen LogP contribution in [0.15, 0.2) is 12.0 Å². The average molecular weight is 129 g/mol. The van der Waals surface area contributed by atoms with Crippen LogP contribution in [-0.4, -0.2) is 19.8 Å². The van der Waals surface area contributed by atoms with E-state index in [1.807, 2.05) is 0 Å². The number of rotatable bonds is 2. The van der Waals surface area contributed by atoms with E-state index in [4.69, 9.17) is 15.2 Å². The highest BCUT2D eigenvalue weighted by atomic mass is 16.6. The molecule has 0 aromatic carbocycles. The highest BCUT2D eigenvalue weighted by Crippen LogP contribution is 2.06. The van der Waals surface area contributed by atoms with Crippen LogP contribution in [0, 0.1) is 0 Å². The summed E-state index contributed by atoms with van der Waals surface area (Å²) in [5.74, 6) is 0.865. The van der Waals surface area contributed by atoms with Crippen molar-refractivity contribution >= 4 is 0 Å². The van der Waals surface area contributed by atoms with Crippen molar-refractivity contribution in [3.8, 4) is 0 Å². The number of hydrogen-bond acceptors (Lipinski definition) is 3. The van der Waals surface area contributed by atoms with Crippen LogP contribution in [-0.2, 0) is 9.47 Å². The van der Waals surface area contributed by atoms with Gasteiger partial charge in [0.1, 0.15) is 25.2 Å². The van der Waals surface area contributed by atoms with Gasteiger partial charge in [0.05, 0.1) is 0 Å². The van der Waals surface area contributed by atoms with Gasteiger partial charge in [0, 0.05) is 6.42 Å². The van der Waals surface area contributed by atoms with Gasteiger partial charge in [-0.2, -0.15) is 0 Å². The highest BCUT2D eigenvalue weighted by molar-refractivity contribution is 4.89. The molecule has 0 saturated heterocycles. The normalized spacial score (nSPS) is 17.7. The molecule has 3 nitrogen and oxygen atoms in total. The summed E-state index contributed by atoms with van der Waals surface area (Å²) < 4.78 is 10.2. The van der Waals surface area contributed by atoms with Crippen molar-refractivity contribution in [1.29, 1.82) is 0 Å². The summed E-state index contributed by atoms with van der Waals surface area (Å²) in [4.78, 5) is 0. The van der Waals surface area contributed by atoms with Gasteiger partial charge in [-0.25, -0.2) is 0 Å². The third kappa shape index (κ3) is 1.93. The van der Waals surface area contributed by atoms with E-state index in [-0.39, 0.29) is 0 Å². The first kappa shape index (κ1) is 6.42. The second-order valence-electron chi connectivity index (χ2n) is 1.84. The molecule has 9 heavy (non-hydrogen) atoms. The van der Waals surface area contributed by atoms with E-state index in [1.165, 1.54) is 0 Å². The molecule has 0 saturated carbocycles. The molecule has 2 N–H and O–H groups in total. The Bertz CT molecular complexity index is 112. The van der Waals surface area contributed by atoms with E-state index >= 15 is 0 Å². The first-order valence-corrected chi connectivity index (χ1v) is 3.07. The van der Waals surface area contributed by atoms with E-state index in [1.54, 1.807) is 6.26 Å². The molecule has 3 heteroatoms. The van der Waals surface area contributed by atoms with E-state index < -0.39 is 0 Å². The fourth-order valence-electron chi connectivity index (χ4n) is 0.680. The van der Waals surface area contributed by atoms with E-state index in [0.29, 0.717) is 19.8 Å². The predicted molar refractivity (Wildman–Crippen MR) is 33.7 cm³/mol. The van der Waals surface area contributed by atoms with Gasteiger partial charge >= 0.3 is 0 Å². The Morgan fingerprint density at radius 2 is 2.44 bits per heavy atom. The third-order valence-electron chi connectivity index (χ3n) is 1.09. The molecule has 52 valence electrons. The maximum Gasteiger partial charge on any atom is 0.132 e. The lowest BCUT2D eigenvalue weighted by atomic mass is 10.4. The second kappa shape index (κ2) is 3.35. The molecule has 0 radical (unpaired) electrons. The van der Waals surface area contributed by atoms with Crippen LogP contribution in [0.25, 0.3) is 0 Å². The van der Waals surface area contributed by atoms with Gasteiger partial charge < -0.3 is 15.2 Å². The lowest BCUT2D eigenvalue weighted by Gasteiger charge is -2.14. The number of nitrogens with two attached hydrogens (primary N) is 1. The monoisotopic (exact) mass is 129 g/mol. The van der Waals surface area contributed by atoms with Gasteiger partial charge in [0.25, 0.3) is 0 Å². The molecular formula is C6H11NO2. The van der Waals surface area contributed by atoms with Crippen molar-refractivity contribution in [3.05, 3.63) is 12.0 Å². The maximum atomic E-state index is 5.28. The molecule has 0 atom stereocenters. The maximum absolute atomic E-state index is 5.28. The summed E-state index contributed by atoms with van der Waals surface area (Å²) in [6.45, 7) is 1.94.